The molecule has 0 bridgehead atoms. The van der Waals surface area contributed by atoms with Crippen molar-refractivity contribution in [2.75, 3.05) is 12.8 Å². The summed E-state index contributed by atoms with van der Waals surface area (Å²) in [6.07, 6.45) is 0.482. The van der Waals surface area contributed by atoms with Crippen molar-refractivity contribution in [1.29, 1.82) is 0 Å². The zero-order valence-corrected chi connectivity index (χ0v) is 12.5. The highest BCUT2D eigenvalue weighted by atomic mass is 32.1. The maximum Gasteiger partial charge on any atom is 0.233 e. The number of methoxy groups -OCH3 is 1. The van der Waals surface area contributed by atoms with Crippen LogP contribution in [0.4, 0.5) is 5.13 Å². The molecule has 2 heterocycles. The van der Waals surface area contributed by atoms with Gasteiger partial charge < -0.3 is 15.0 Å². The first-order valence-electron chi connectivity index (χ1n) is 6.33. The maximum absolute atomic E-state index is 5.60. The van der Waals surface area contributed by atoms with Gasteiger partial charge in [-0.3, -0.25) is 0 Å². The lowest BCUT2D eigenvalue weighted by atomic mass is 10.1. The number of benzene rings is 1. The number of aromatic nitrogens is 3. The Kier molecular flexibility index (Phi) is 3.57. The van der Waals surface area contributed by atoms with Gasteiger partial charge in [-0.2, -0.15) is 4.98 Å². The highest BCUT2D eigenvalue weighted by molar-refractivity contribution is 7.13. The standard InChI is InChI=1S/C14H14N4O2S/c1-8-5-9(3-4-11(8)19-2)13-17-12(20-18-13)6-10-7-21-14(15)16-10/h3-5,7H,6H2,1-2H3,(H2,15,16). The van der Waals surface area contributed by atoms with Gasteiger partial charge in [-0.15, -0.1) is 11.3 Å². The van der Waals surface area contributed by atoms with Crippen molar-refractivity contribution in [3.8, 4) is 17.1 Å². The number of nitrogen functional groups attached to an aromatic ring is 1. The van der Waals surface area contributed by atoms with Crippen LogP contribution in [0.3, 0.4) is 0 Å². The summed E-state index contributed by atoms with van der Waals surface area (Å²) >= 11 is 1.40. The summed E-state index contributed by atoms with van der Waals surface area (Å²) in [6.45, 7) is 1.97. The third kappa shape index (κ3) is 2.87. The van der Waals surface area contributed by atoms with Gasteiger partial charge in [0.25, 0.3) is 0 Å². The molecule has 0 saturated heterocycles. The molecule has 0 radical (unpaired) electrons. The Hall–Kier alpha value is -2.41. The molecule has 2 aromatic heterocycles. The van der Waals surface area contributed by atoms with Crippen LogP contribution in [-0.4, -0.2) is 22.2 Å². The summed E-state index contributed by atoms with van der Waals surface area (Å²) in [5.41, 5.74) is 8.35. The van der Waals surface area contributed by atoms with E-state index in [2.05, 4.69) is 15.1 Å². The van der Waals surface area contributed by atoms with Crippen molar-refractivity contribution in [3.05, 3.63) is 40.7 Å². The second kappa shape index (κ2) is 5.53. The molecule has 21 heavy (non-hydrogen) atoms. The number of anilines is 1. The number of thiazole rings is 1. The predicted octanol–water partition coefficient (Wildman–Crippen LogP) is 2.68. The molecule has 6 nitrogen and oxygen atoms in total. The Balaban J connectivity index is 1.82. The van der Waals surface area contributed by atoms with Gasteiger partial charge >= 0.3 is 0 Å². The van der Waals surface area contributed by atoms with E-state index in [0.717, 1.165) is 22.6 Å². The van der Waals surface area contributed by atoms with E-state index in [1.807, 2.05) is 30.5 Å². The third-order valence-corrected chi connectivity index (χ3v) is 3.75. The van der Waals surface area contributed by atoms with E-state index >= 15 is 0 Å². The van der Waals surface area contributed by atoms with Crippen LogP contribution in [0.5, 0.6) is 5.75 Å². The topological polar surface area (TPSA) is 87.1 Å². The summed E-state index contributed by atoms with van der Waals surface area (Å²) in [4.78, 5) is 8.56. The summed E-state index contributed by atoms with van der Waals surface area (Å²) in [6, 6.07) is 5.76. The quantitative estimate of drug-likeness (QED) is 0.797. The SMILES string of the molecule is COc1ccc(-c2noc(Cc3csc(N)n3)n2)cc1C. The van der Waals surface area contributed by atoms with Crippen LogP contribution < -0.4 is 10.5 Å². The first-order chi connectivity index (χ1) is 10.2. The predicted molar refractivity (Wildman–Crippen MR) is 80.4 cm³/mol. The fourth-order valence-electron chi connectivity index (χ4n) is 2.02. The monoisotopic (exact) mass is 302 g/mol. The van der Waals surface area contributed by atoms with Crippen molar-refractivity contribution in [2.24, 2.45) is 0 Å². The largest absolute Gasteiger partial charge is 0.496 e. The van der Waals surface area contributed by atoms with Crippen LogP contribution in [0.2, 0.25) is 0 Å². The number of ether oxygens (including phenoxy) is 1. The van der Waals surface area contributed by atoms with Crippen molar-refractivity contribution in [1.82, 2.24) is 15.1 Å². The van der Waals surface area contributed by atoms with Crippen molar-refractivity contribution >= 4 is 16.5 Å². The van der Waals surface area contributed by atoms with Crippen LogP contribution in [0.1, 0.15) is 17.1 Å². The summed E-state index contributed by atoms with van der Waals surface area (Å²) in [5.74, 6) is 1.91. The molecular weight excluding hydrogens is 288 g/mol. The zero-order chi connectivity index (χ0) is 14.8. The number of nitrogens with zero attached hydrogens (tertiary/aromatic N) is 3. The van der Waals surface area contributed by atoms with Crippen LogP contribution in [0.15, 0.2) is 28.1 Å². The Morgan fingerprint density at radius 2 is 2.19 bits per heavy atom. The molecule has 0 amide bonds. The molecule has 0 aliphatic rings. The third-order valence-electron chi connectivity index (χ3n) is 3.02. The van der Waals surface area contributed by atoms with E-state index in [9.17, 15) is 0 Å². The Morgan fingerprint density at radius 3 is 2.86 bits per heavy atom. The lowest BCUT2D eigenvalue weighted by molar-refractivity contribution is 0.385. The zero-order valence-electron chi connectivity index (χ0n) is 11.7. The van der Waals surface area contributed by atoms with Gasteiger partial charge in [-0.25, -0.2) is 4.98 Å². The average molecular weight is 302 g/mol. The summed E-state index contributed by atoms with van der Waals surface area (Å²) in [5, 5.41) is 6.43. The van der Waals surface area contributed by atoms with Gasteiger partial charge in [0.2, 0.25) is 11.7 Å². The molecule has 0 spiro atoms. The molecule has 0 fully saturated rings. The van der Waals surface area contributed by atoms with E-state index < -0.39 is 0 Å². The van der Waals surface area contributed by atoms with Gasteiger partial charge in [0.1, 0.15) is 5.75 Å². The number of nitrogens with two attached hydrogens (primary N) is 1. The molecule has 108 valence electrons. The average Bonchev–Trinajstić information content (AvgIpc) is 3.08. The Morgan fingerprint density at radius 1 is 1.33 bits per heavy atom. The molecule has 1 aromatic carbocycles. The van der Waals surface area contributed by atoms with Crippen LogP contribution in [-0.2, 0) is 6.42 Å². The van der Waals surface area contributed by atoms with Gasteiger partial charge in [0.15, 0.2) is 5.13 Å². The van der Waals surface area contributed by atoms with E-state index in [1.54, 1.807) is 7.11 Å². The fourth-order valence-corrected chi connectivity index (χ4v) is 2.58. The Labute approximate surface area is 125 Å². The van der Waals surface area contributed by atoms with Crippen LogP contribution >= 0.6 is 11.3 Å². The van der Waals surface area contributed by atoms with E-state index in [4.69, 9.17) is 15.0 Å². The lowest BCUT2D eigenvalue weighted by Gasteiger charge is -2.04. The number of aryl methyl sites for hydroxylation is 1. The van der Waals surface area contributed by atoms with Gasteiger partial charge in [0, 0.05) is 10.9 Å². The maximum atomic E-state index is 5.60. The highest BCUT2D eigenvalue weighted by Crippen LogP contribution is 2.24. The van der Waals surface area contributed by atoms with E-state index in [0.29, 0.717) is 23.3 Å². The molecule has 0 aliphatic heterocycles. The Bertz CT molecular complexity index is 766. The van der Waals surface area contributed by atoms with Crippen molar-refractivity contribution < 1.29 is 9.26 Å². The minimum Gasteiger partial charge on any atom is -0.496 e. The van der Waals surface area contributed by atoms with E-state index in [1.165, 1.54) is 11.3 Å². The lowest BCUT2D eigenvalue weighted by Crippen LogP contribution is -1.91. The molecule has 0 atom stereocenters. The van der Waals surface area contributed by atoms with Crippen molar-refractivity contribution in [3.63, 3.8) is 0 Å². The number of rotatable bonds is 4. The van der Waals surface area contributed by atoms with Crippen LogP contribution in [0.25, 0.3) is 11.4 Å². The highest BCUT2D eigenvalue weighted by Gasteiger charge is 2.12. The second-order valence-electron chi connectivity index (χ2n) is 4.55. The smallest absolute Gasteiger partial charge is 0.233 e. The normalized spacial score (nSPS) is 10.8. The van der Waals surface area contributed by atoms with Gasteiger partial charge in [-0.1, -0.05) is 5.16 Å². The molecule has 3 rings (SSSR count). The van der Waals surface area contributed by atoms with Crippen molar-refractivity contribution in [2.45, 2.75) is 13.3 Å². The number of hydrogen-bond acceptors (Lipinski definition) is 7. The molecule has 2 N–H and O–H groups in total. The first kappa shape index (κ1) is 13.6. The van der Waals surface area contributed by atoms with E-state index in [-0.39, 0.29) is 0 Å². The van der Waals surface area contributed by atoms with Crippen LogP contribution in [0, 0.1) is 6.92 Å². The first-order valence-corrected chi connectivity index (χ1v) is 7.21. The van der Waals surface area contributed by atoms with Gasteiger partial charge in [-0.05, 0) is 30.7 Å². The van der Waals surface area contributed by atoms with Gasteiger partial charge in [0.05, 0.1) is 19.2 Å². The summed E-state index contributed by atoms with van der Waals surface area (Å²) in [7, 11) is 1.65. The minimum absolute atomic E-state index is 0.482. The minimum atomic E-state index is 0.482. The summed E-state index contributed by atoms with van der Waals surface area (Å²) < 4.78 is 10.5. The fraction of sp³-hybridized carbons (Fsp3) is 0.214. The molecule has 3 aromatic rings. The molecule has 7 heteroatoms. The molecular formula is C14H14N4O2S. The molecule has 0 unspecified atom stereocenters. The molecule has 0 aliphatic carbocycles. The number of hydrogen-bond donors (Lipinski definition) is 1. The molecule has 0 saturated carbocycles. The second-order valence-corrected chi connectivity index (χ2v) is 5.44.